The van der Waals surface area contributed by atoms with E-state index >= 15 is 0 Å². The Balaban J connectivity index is 0.000000189. The lowest BCUT2D eigenvalue weighted by Crippen LogP contribution is -2.69. The van der Waals surface area contributed by atoms with E-state index in [2.05, 4.69) is 182 Å². The molecule has 18 rings (SSSR count). The number of aromatic hydroxyl groups is 1. The molecule has 5 N–H and O–H groups in total. The number of fused-ring (bicyclic) bond motifs is 24. The van der Waals surface area contributed by atoms with Gasteiger partial charge in [0, 0.05) is 124 Å². The predicted octanol–water partition coefficient (Wildman–Crippen LogP) is 15.6. The highest BCUT2D eigenvalue weighted by Gasteiger charge is 2.60. The second-order valence-electron chi connectivity index (χ2n) is 38.3. The van der Waals surface area contributed by atoms with Gasteiger partial charge < -0.3 is 88.0 Å². The molecule has 12 atom stereocenters. The van der Waals surface area contributed by atoms with Crippen LogP contribution in [0.3, 0.4) is 0 Å². The molecule has 30 heteroatoms. The second-order valence-corrected chi connectivity index (χ2v) is 40.4. The molecule has 0 radical (unpaired) electrons. The van der Waals surface area contributed by atoms with E-state index in [9.17, 15) is 34.8 Å². The first-order valence-electron chi connectivity index (χ1n) is 46.6. The molecule has 8 aromatic rings. The molecule has 0 spiro atoms. The van der Waals surface area contributed by atoms with Crippen molar-refractivity contribution in [1.82, 2.24) is 40.9 Å². The number of aryl methyl sites for hydroxylation is 2. The summed E-state index contributed by atoms with van der Waals surface area (Å²) in [4.78, 5) is 65.6. The SMILES string of the molecule is C=CCOc1c(C)c2c(c3c1CC1[C@H]4c5c(cc(C)c(OC)c5O)C[C@@H]([C@H](C#N)N1[C@H]3CNC(=O)[C@H](CSCC1c3ccccc3-c3ccccc31)NC(=O)OC(C)(C)C)N4C)OCO2.C=CCOc1c(C)c2c(c3c1CC1[C@H]4c5c(cc(C)c(OC)c5OCOCCOC)C[C@@H]([C@H](C#N)N1[C@H]3CNC(=O)[C@H](CSCC1c3ccccc3-c3ccccc31)NC(=O)OC(C)(C)C)N4C)OCO2. The number of likely N-dealkylation sites (N-methyl/N-ethyl adjacent to an activating group) is 2. The van der Waals surface area contributed by atoms with E-state index in [0.29, 0.717) is 102 Å². The third-order valence-corrected chi connectivity index (χ3v) is 30.2. The molecule has 10 aliphatic rings. The summed E-state index contributed by atoms with van der Waals surface area (Å²) in [6.45, 7) is 27.7. The van der Waals surface area contributed by atoms with Crippen molar-refractivity contribution in [3.63, 3.8) is 0 Å². The van der Waals surface area contributed by atoms with E-state index < -0.39 is 65.5 Å². The maximum Gasteiger partial charge on any atom is 0.408 e. The molecule has 2 aliphatic carbocycles. The van der Waals surface area contributed by atoms with Gasteiger partial charge in [0.15, 0.2) is 52.8 Å². The van der Waals surface area contributed by atoms with Crippen LogP contribution in [0.15, 0.2) is 135 Å². The summed E-state index contributed by atoms with van der Waals surface area (Å²) in [7, 11) is 8.92. The average molecular weight is 1890 g/mol. The van der Waals surface area contributed by atoms with Gasteiger partial charge >= 0.3 is 12.2 Å². The number of phenols is 1. The lowest BCUT2D eigenvalue weighted by atomic mass is 9.71. The molecular formula is C106H122N10O18S2. The van der Waals surface area contributed by atoms with E-state index in [-0.39, 0.29) is 118 Å². The minimum atomic E-state index is -0.970. The van der Waals surface area contributed by atoms with Crippen molar-refractivity contribution < 1.29 is 85.9 Å². The summed E-state index contributed by atoms with van der Waals surface area (Å²) >= 11 is 3.20. The number of nitrogens with zero attached hydrogens (tertiary/aromatic N) is 6. The van der Waals surface area contributed by atoms with Gasteiger partial charge in [-0.2, -0.15) is 34.0 Å². The van der Waals surface area contributed by atoms with E-state index in [1.54, 1.807) is 98.5 Å². The van der Waals surface area contributed by atoms with Crippen LogP contribution in [0.4, 0.5) is 9.59 Å². The van der Waals surface area contributed by atoms with Crippen molar-refractivity contribution in [2.45, 2.75) is 190 Å². The van der Waals surface area contributed by atoms with E-state index in [1.165, 1.54) is 44.5 Å². The van der Waals surface area contributed by atoms with Crippen LogP contribution < -0.4 is 63.9 Å². The van der Waals surface area contributed by atoms with Gasteiger partial charge in [-0.25, -0.2) is 9.59 Å². The molecule has 0 aromatic heterocycles. The van der Waals surface area contributed by atoms with Crippen LogP contribution in [-0.4, -0.2) is 227 Å². The van der Waals surface area contributed by atoms with Gasteiger partial charge in [-0.3, -0.25) is 29.2 Å². The highest BCUT2D eigenvalue weighted by Crippen LogP contribution is 2.62. The average Bonchev–Trinajstić information content (AvgIpc) is 0.899. The quantitative estimate of drug-likeness (QED) is 0.0159. The number of carbonyl (C=O) groups is 4. The van der Waals surface area contributed by atoms with Crippen LogP contribution >= 0.6 is 23.5 Å². The summed E-state index contributed by atoms with van der Waals surface area (Å²) in [6, 6.07) is 37.1. The third-order valence-electron chi connectivity index (χ3n) is 27.9. The normalized spacial score (nSPS) is 21.5. The molecule has 8 aromatic carbocycles. The molecule has 4 amide bonds. The summed E-state index contributed by atoms with van der Waals surface area (Å²) in [5, 5.41) is 46.9. The number of thioether (sulfide) groups is 2. The lowest BCUT2D eigenvalue weighted by molar-refractivity contribution is -0.124. The Morgan fingerprint density at radius 2 is 0.919 bits per heavy atom. The van der Waals surface area contributed by atoms with Crippen LogP contribution in [0, 0.1) is 50.4 Å². The largest absolute Gasteiger partial charge is 0.504 e. The highest BCUT2D eigenvalue weighted by atomic mass is 32.2. The number of nitrogens with one attached hydrogen (secondary N) is 4. The zero-order valence-electron chi connectivity index (χ0n) is 80.0. The molecule has 136 heavy (non-hydrogen) atoms. The molecule has 2 unspecified atom stereocenters. The molecule has 28 nitrogen and oxygen atoms in total. The number of hydrogen-bond donors (Lipinski definition) is 5. The summed E-state index contributed by atoms with van der Waals surface area (Å²) in [5.41, 5.74) is 18.7. The zero-order valence-corrected chi connectivity index (χ0v) is 81.6. The maximum atomic E-state index is 14.9. The fraction of sp³-hybridized carbons (Fsp3) is 0.453. The van der Waals surface area contributed by atoms with Crippen LogP contribution in [0.5, 0.6) is 57.5 Å². The van der Waals surface area contributed by atoms with Crippen LogP contribution in [0.1, 0.15) is 167 Å². The number of nitriles is 2. The molecule has 2 saturated heterocycles. The van der Waals surface area contributed by atoms with Gasteiger partial charge in [-0.1, -0.05) is 135 Å². The molecule has 8 heterocycles. The Hall–Kier alpha value is -11.8. The topological polar surface area (TPSA) is 317 Å². The first-order chi connectivity index (χ1) is 65.5. The smallest absolute Gasteiger partial charge is 0.408 e. The molecule has 716 valence electrons. The number of benzene rings is 8. The van der Waals surface area contributed by atoms with Crippen molar-refractivity contribution in [2.24, 2.45) is 0 Å². The first-order valence-corrected chi connectivity index (χ1v) is 48.9. The van der Waals surface area contributed by atoms with Crippen molar-refractivity contribution in [3.8, 4) is 91.9 Å². The zero-order chi connectivity index (χ0) is 96.0. The number of phenolic OH excluding ortho intramolecular Hbond substituents is 1. The number of amides is 4. The Morgan fingerprint density at radius 3 is 1.32 bits per heavy atom. The van der Waals surface area contributed by atoms with Crippen LogP contribution in [0.25, 0.3) is 22.3 Å². The number of rotatable bonds is 30. The Morgan fingerprint density at radius 1 is 0.522 bits per heavy atom. The summed E-state index contributed by atoms with van der Waals surface area (Å²) in [5.74, 6) is 6.59. The summed E-state index contributed by atoms with van der Waals surface area (Å²) < 4.78 is 78.8. The van der Waals surface area contributed by atoms with Crippen molar-refractivity contribution in [2.75, 3.05) is 118 Å². The Labute approximate surface area is 804 Å². The van der Waals surface area contributed by atoms with Crippen molar-refractivity contribution in [3.05, 3.63) is 224 Å². The van der Waals surface area contributed by atoms with Gasteiger partial charge in [0.2, 0.25) is 25.4 Å². The molecule has 0 saturated carbocycles. The standard InChI is InChI=1S/C55H65N5O10S.C51H57N5O8S/c1-10-19-66-49-32(3)50-52(69-30-68-50)46-38(49)24-42-47-45-33(22-31(2)48(64-9)51(45)67-29-65-21-20-63-8)23-41(59(47)7)43(25-56)60(42)44(46)26-57-53(61)40(58-54(62)70-55(4,5)6)28-71-27-39-36-17-13-11-15-34(36)35-16-12-14-18-37(35)39;1-9-18-61-46-28(3)47-48(63-26-62-47)42-34(46)21-38-43-41-29(19-27(2)45(60-8)44(41)57)20-37(55(43)7)39(22-52)56(38)40(42)23-53-49(58)36(54-50(59)64-51(4,5)6)25-65-24-35-32-16-12-10-14-30(32)31-15-11-13-17-33(31)35/h10-18,22,39-44,47H,1,19-21,23-24,26-30H2,2-9H3,(H,57,61)(H,58,62);9-17,19,35-40,43,57H,1,18,20-21,23-26H2,2-8H3,(H,53,58)(H,54,59)/t40-,41-,42?,43-,44-,47-;36-,37-,38?,39-,40-,43-/m00/s1. The van der Waals surface area contributed by atoms with E-state index in [0.717, 1.165) is 66.8 Å². The fourth-order valence-corrected chi connectivity index (χ4v) is 25.0. The van der Waals surface area contributed by atoms with Crippen molar-refractivity contribution in [1.29, 1.82) is 10.5 Å². The van der Waals surface area contributed by atoms with Gasteiger partial charge in [0.25, 0.3) is 0 Å². The second kappa shape index (κ2) is 40.1. The Kier molecular flexibility index (Phi) is 28.2. The van der Waals surface area contributed by atoms with Crippen molar-refractivity contribution >= 4 is 47.5 Å². The number of piperazine rings is 2. The molecule has 4 bridgehead atoms. The number of methoxy groups -OCH3 is 3. The van der Waals surface area contributed by atoms with Crippen LogP contribution in [0.2, 0.25) is 0 Å². The van der Waals surface area contributed by atoms with Gasteiger partial charge in [0.05, 0.1) is 63.7 Å². The number of carbonyl (C=O) groups excluding carboxylic acids is 4. The van der Waals surface area contributed by atoms with E-state index in [1.807, 2.05) is 34.7 Å². The van der Waals surface area contributed by atoms with E-state index in [4.69, 9.17) is 61.6 Å². The lowest BCUT2D eigenvalue weighted by Gasteiger charge is -2.60. The van der Waals surface area contributed by atoms with Crippen LogP contribution in [-0.2, 0) is 54.2 Å². The molecular weight excluding hydrogens is 1770 g/mol. The highest BCUT2D eigenvalue weighted by molar-refractivity contribution is 7.99. The van der Waals surface area contributed by atoms with Gasteiger partial charge in [0.1, 0.15) is 60.1 Å². The predicted molar refractivity (Wildman–Crippen MR) is 520 cm³/mol. The number of alkyl carbamates (subject to hydrolysis) is 2. The third kappa shape index (κ3) is 18.1. The minimum Gasteiger partial charge on any atom is -0.504 e. The number of ether oxygens (including phenoxy) is 13. The monoisotopic (exact) mass is 1890 g/mol. The van der Waals surface area contributed by atoms with Gasteiger partial charge in [-0.15, -0.1) is 0 Å². The molecule has 8 aliphatic heterocycles. The minimum absolute atomic E-state index is 0.000417. The van der Waals surface area contributed by atoms with Gasteiger partial charge in [-0.05, 0) is 176 Å². The first kappa shape index (κ1) is 95.9. The maximum absolute atomic E-state index is 14.9. The number of hydrogen-bond acceptors (Lipinski definition) is 26. The summed E-state index contributed by atoms with van der Waals surface area (Å²) in [6.07, 6.45) is 3.97. The Bertz CT molecular complexity index is 5950. The molecule has 2 fully saturated rings. The fourth-order valence-electron chi connectivity index (χ4n) is 22.5.